The van der Waals surface area contributed by atoms with Gasteiger partial charge in [0.2, 0.25) is 5.88 Å². The van der Waals surface area contributed by atoms with E-state index in [9.17, 15) is 8.42 Å². The molecular weight excluding hydrogens is 298 g/mol. The van der Waals surface area contributed by atoms with Gasteiger partial charge in [0.1, 0.15) is 0 Å². The maximum Gasteiger partial charge on any atom is 0.213 e. The minimum atomic E-state index is -3.29. The average Bonchev–Trinajstić information content (AvgIpc) is 2.54. The molecule has 1 atom stereocenters. The molecule has 22 heavy (non-hydrogen) atoms. The van der Waals surface area contributed by atoms with E-state index in [4.69, 9.17) is 4.74 Å². The van der Waals surface area contributed by atoms with Crippen molar-refractivity contribution < 1.29 is 13.2 Å². The predicted octanol–water partition coefficient (Wildman–Crippen LogP) is 3.08. The van der Waals surface area contributed by atoms with E-state index in [1.807, 2.05) is 24.3 Å². The number of pyridine rings is 1. The Bertz CT molecular complexity index is 771. The normalized spacial score (nSPS) is 17.8. The summed E-state index contributed by atoms with van der Waals surface area (Å²) in [5.41, 5.74) is 2.64. The summed E-state index contributed by atoms with van der Waals surface area (Å²) in [4.78, 5) is 4.23. The first kappa shape index (κ1) is 15.0. The molecule has 0 bridgehead atoms. The molecule has 2 aromatic rings. The van der Waals surface area contributed by atoms with Crippen LogP contribution in [0.15, 0.2) is 42.5 Å². The summed E-state index contributed by atoms with van der Waals surface area (Å²) in [5.74, 6) is 0.389. The van der Waals surface area contributed by atoms with Crippen molar-refractivity contribution >= 4 is 9.84 Å². The molecule has 1 aromatic carbocycles. The lowest BCUT2D eigenvalue weighted by Gasteiger charge is -2.25. The highest BCUT2D eigenvalue weighted by molar-refractivity contribution is 7.90. The maximum atomic E-state index is 12.8. The standard InChI is InChI=1S/C17H19NO3S/c1-21-17-11-5-8-14(18-17)12-22(19,20)16-10-4-7-13-6-2-3-9-15(13)16/h2-3,5-6,8-9,11,16H,4,7,10,12H2,1H3/t16-/m0/s1. The molecule has 5 heteroatoms. The molecule has 0 saturated heterocycles. The van der Waals surface area contributed by atoms with Gasteiger partial charge < -0.3 is 4.74 Å². The summed E-state index contributed by atoms with van der Waals surface area (Å²) < 4.78 is 30.7. The highest BCUT2D eigenvalue weighted by Crippen LogP contribution is 2.36. The number of nitrogens with zero attached hydrogens (tertiary/aromatic N) is 1. The molecule has 3 rings (SSSR count). The van der Waals surface area contributed by atoms with Crippen molar-refractivity contribution in [1.82, 2.24) is 4.98 Å². The Morgan fingerprint density at radius 1 is 1.18 bits per heavy atom. The zero-order valence-electron chi connectivity index (χ0n) is 12.5. The molecule has 0 saturated carbocycles. The van der Waals surface area contributed by atoms with Gasteiger partial charge in [-0.15, -0.1) is 0 Å². The van der Waals surface area contributed by atoms with Crippen LogP contribution in [0.1, 0.15) is 34.9 Å². The monoisotopic (exact) mass is 317 g/mol. The third kappa shape index (κ3) is 2.99. The molecule has 116 valence electrons. The molecule has 0 N–H and O–H groups in total. The van der Waals surface area contributed by atoms with Crippen LogP contribution in [0.5, 0.6) is 5.88 Å². The van der Waals surface area contributed by atoms with Gasteiger partial charge in [0.05, 0.1) is 23.8 Å². The van der Waals surface area contributed by atoms with Crippen LogP contribution in [0.3, 0.4) is 0 Å². The van der Waals surface area contributed by atoms with E-state index in [0.29, 0.717) is 18.0 Å². The Hall–Kier alpha value is -1.88. The zero-order chi connectivity index (χ0) is 15.6. The molecule has 0 fully saturated rings. The van der Waals surface area contributed by atoms with E-state index < -0.39 is 15.1 Å². The number of aromatic nitrogens is 1. The molecule has 4 nitrogen and oxygen atoms in total. The third-order valence-corrected chi connectivity index (χ3v) is 6.14. The van der Waals surface area contributed by atoms with E-state index in [1.165, 1.54) is 7.11 Å². The van der Waals surface area contributed by atoms with Gasteiger partial charge in [0, 0.05) is 6.07 Å². The van der Waals surface area contributed by atoms with Crippen LogP contribution >= 0.6 is 0 Å². The topological polar surface area (TPSA) is 56.3 Å². The van der Waals surface area contributed by atoms with Crippen LogP contribution < -0.4 is 4.74 Å². The van der Waals surface area contributed by atoms with E-state index in [-0.39, 0.29) is 5.75 Å². The van der Waals surface area contributed by atoms with Crippen LogP contribution in [-0.4, -0.2) is 20.5 Å². The van der Waals surface area contributed by atoms with Gasteiger partial charge in [0.25, 0.3) is 0 Å². The molecule has 0 amide bonds. The van der Waals surface area contributed by atoms with Crippen molar-refractivity contribution in [2.45, 2.75) is 30.3 Å². The largest absolute Gasteiger partial charge is 0.481 e. The van der Waals surface area contributed by atoms with Crippen molar-refractivity contribution in [2.75, 3.05) is 7.11 Å². The molecule has 1 heterocycles. The Balaban J connectivity index is 1.90. The average molecular weight is 317 g/mol. The molecule has 0 spiro atoms. The quantitative estimate of drug-likeness (QED) is 0.869. The van der Waals surface area contributed by atoms with Crippen LogP contribution in [0, 0.1) is 0 Å². The fraction of sp³-hybridized carbons (Fsp3) is 0.353. The summed E-state index contributed by atoms with van der Waals surface area (Å²) in [6, 6.07) is 13.1. The number of sulfone groups is 1. The predicted molar refractivity (Wildman–Crippen MR) is 85.5 cm³/mol. The second-order valence-electron chi connectivity index (χ2n) is 5.56. The lowest BCUT2D eigenvalue weighted by Crippen LogP contribution is -2.20. The van der Waals surface area contributed by atoms with E-state index >= 15 is 0 Å². The number of ether oxygens (including phenoxy) is 1. The maximum absolute atomic E-state index is 12.8. The number of methoxy groups -OCH3 is 1. The molecule has 0 unspecified atom stereocenters. The van der Waals surface area contributed by atoms with Crippen LogP contribution in [0.25, 0.3) is 0 Å². The summed E-state index contributed by atoms with van der Waals surface area (Å²) in [6.45, 7) is 0. The number of rotatable bonds is 4. The summed E-state index contributed by atoms with van der Waals surface area (Å²) in [5, 5.41) is -0.426. The fourth-order valence-corrected chi connectivity index (χ4v) is 4.96. The zero-order valence-corrected chi connectivity index (χ0v) is 13.3. The van der Waals surface area contributed by atoms with E-state index in [2.05, 4.69) is 4.98 Å². The van der Waals surface area contributed by atoms with Crippen molar-refractivity contribution in [2.24, 2.45) is 0 Å². The lowest BCUT2D eigenvalue weighted by atomic mass is 9.91. The molecule has 1 aromatic heterocycles. The first-order chi connectivity index (χ1) is 10.6. The highest BCUT2D eigenvalue weighted by atomic mass is 32.2. The number of hydrogen-bond acceptors (Lipinski definition) is 4. The summed E-state index contributed by atoms with van der Waals surface area (Å²) in [6.07, 6.45) is 2.55. The first-order valence-electron chi connectivity index (χ1n) is 7.39. The molecule has 1 aliphatic rings. The third-order valence-electron chi connectivity index (χ3n) is 4.09. The summed E-state index contributed by atoms with van der Waals surface area (Å²) in [7, 11) is -1.77. The minimum Gasteiger partial charge on any atom is -0.481 e. The first-order valence-corrected chi connectivity index (χ1v) is 9.11. The van der Waals surface area contributed by atoms with Gasteiger partial charge in [-0.25, -0.2) is 13.4 Å². The van der Waals surface area contributed by atoms with E-state index in [0.717, 1.165) is 24.0 Å². The Labute approximate surface area is 131 Å². The number of fused-ring (bicyclic) bond motifs is 1. The lowest BCUT2D eigenvalue weighted by molar-refractivity contribution is 0.396. The highest BCUT2D eigenvalue weighted by Gasteiger charge is 2.31. The van der Waals surface area contributed by atoms with Gasteiger partial charge in [-0.1, -0.05) is 30.3 Å². The van der Waals surface area contributed by atoms with Crippen molar-refractivity contribution in [3.63, 3.8) is 0 Å². The van der Waals surface area contributed by atoms with Crippen LogP contribution in [-0.2, 0) is 22.0 Å². The SMILES string of the molecule is COc1cccc(CS(=O)(=O)[C@H]2CCCc3ccccc32)n1. The van der Waals surface area contributed by atoms with Gasteiger partial charge in [-0.3, -0.25) is 0 Å². The van der Waals surface area contributed by atoms with Gasteiger partial charge in [-0.2, -0.15) is 0 Å². The van der Waals surface area contributed by atoms with Crippen molar-refractivity contribution in [3.05, 3.63) is 59.3 Å². The molecule has 0 aliphatic heterocycles. The Morgan fingerprint density at radius 2 is 2.00 bits per heavy atom. The second kappa shape index (κ2) is 6.08. The van der Waals surface area contributed by atoms with Gasteiger partial charge >= 0.3 is 0 Å². The minimum absolute atomic E-state index is 0.0524. The fourth-order valence-electron chi connectivity index (χ4n) is 3.04. The van der Waals surface area contributed by atoms with Crippen LogP contribution in [0.4, 0.5) is 0 Å². The molecular formula is C17H19NO3S. The van der Waals surface area contributed by atoms with E-state index in [1.54, 1.807) is 18.2 Å². The van der Waals surface area contributed by atoms with Crippen molar-refractivity contribution in [1.29, 1.82) is 0 Å². The van der Waals surface area contributed by atoms with Crippen LogP contribution in [0.2, 0.25) is 0 Å². The van der Waals surface area contributed by atoms with Gasteiger partial charge in [-0.05, 0) is 36.5 Å². The number of aryl methyl sites for hydroxylation is 1. The second-order valence-corrected chi connectivity index (χ2v) is 7.74. The Morgan fingerprint density at radius 3 is 2.82 bits per heavy atom. The number of hydrogen-bond donors (Lipinski definition) is 0. The van der Waals surface area contributed by atoms with Crippen molar-refractivity contribution in [3.8, 4) is 5.88 Å². The molecule has 1 aliphatic carbocycles. The smallest absolute Gasteiger partial charge is 0.213 e. The Kier molecular flexibility index (Phi) is 4.16. The van der Waals surface area contributed by atoms with Gasteiger partial charge in [0.15, 0.2) is 9.84 Å². The number of benzene rings is 1. The molecule has 0 radical (unpaired) electrons. The summed E-state index contributed by atoms with van der Waals surface area (Å²) >= 11 is 0.